The maximum Gasteiger partial charge on any atom is 0.262 e. The van der Waals surface area contributed by atoms with Gasteiger partial charge in [-0.3, -0.25) is 14.2 Å². The first-order valence-electron chi connectivity index (χ1n) is 9.51. The summed E-state index contributed by atoms with van der Waals surface area (Å²) in [6.45, 7) is 2.10. The van der Waals surface area contributed by atoms with E-state index in [1.807, 2.05) is 18.2 Å². The van der Waals surface area contributed by atoms with Crippen LogP contribution in [0.4, 0.5) is 0 Å². The molecule has 2 aromatic heterocycles. The number of fused-ring (bicyclic) bond motifs is 3. The number of hydrogen-bond donors (Lipinski definition) is 1. The van der Waals surface area contributed by atoms with E-state index in [-0.39, 0.29) is 18.0 Å². The Labute approximate surface area is 172 Å². The molecule has 0 aliphatic heterocycles. The molecule has 4 rings (SSSR count). The van der Waals surface area contributed by atoms with Crippen molar-refractivity contribution in [2.75, 3.05) is 7.11 Å². The second kappa shape index (κ2) is 8.16. The number of carbonyl (C=O) groups is 1. The molecule has 3 aromatic rings. The summed E-state index contributed by atoms with van der Waals surface area (Å²) >= 11 is 1.60. The van der Waals surface area contributed by atoms with Gasteiger partial charge in [0.1, 0.15) is 17.1 Å². The summed E-state index contributed by atoms with van der Waals surface area (Å²) in [5.41, 5.74) is 4.21. The van der Waals surface area contributed by atoms with Gasteiger partial charge in [0.2, 0.25) is 0 Å². The fourth-order valence-electron chi connectivity index (χ4n) is 3.57. The van der Waals surface area contributed by atoms with Gasteiger partial charge in [0, 0.05) is 4.88 Å². The summed E-state index contributed by atoms with van der Waals surface area (Å²) in [4.78, 5) is 31.6. The number of hydrogen-bond acceptors (Lipinski definition) is 6. The zero-order chi connectivity index (χ0) is 20.4. The summed E-state index contributed by atoms with van der Waals surface area (Å²) in [7, 11) is 1.59. The predicted molar refractivity (Wildman–Crippen MR) is 114 cm³/mol. The molecular formula is C21H22N4O3S. The molecule has 1 atom stereocenters. The molecule has 29 heavy (non-hydrogen) atoms. The van der Waals surface area contributed by atoms with E-state index in [9.17, 15) is 9.59 Å². The SMILES string of the molecule is COc1cccc(C=NNC(=O)Cn2cnc3sc4c(c3c2=O)CC[C@@H](C)C4)c1. The Kier molecular flexibility index (Phi) is 5.44. The highest BCUT2D eigenvalue weighted by Crippen LogP contribution is 2.35. The predicted octanol–water partition coefficient (Wildman–Crippen LogP) is 2.74. The van der Waals surface area contributed by atoms with Crippen molar-refractivity contribution in [2.45, 2.75) is 32.7 Å². The normalized spacial score (nSPS) is 16.1. The Hall–Kier alpha value is -3.00. The minimum Gasteiger partial charge on any atom is -0.497 e. The smallest absolute Gasteiger partial charge is 0.262 e. The van der Waals surface area contributed by atoms with E-state index in [1.54, 1.807) is 24.5 Å². The molecule has 1 amide bonds. The molecule has 0 saturated carbocycles. The van der Waals surface area contributed by atoms with Crippen LogP contribution < -0.4 is 15.7 Å². The van der Waals surface area contributed by atoms with Crippen LogP contribution in [0.15, 0.2) is 40.5 Å². The van der Waals surface area contributed by atoms with Gasteiger partial charge in [-0.1, -0.05) is 19.1 Å². The third-order valence-corrected chi connectivity index (χ3v) is 6.26. The number of amides is 1. The maximum absolute atomic E-state index is 12.9. The highest BCUT2D eigenvalue weighted by atomic mass is 32.1. The first kappa shape index (κ1) is 19.3. The largest absolute Gasteiger partial charge is 0.497 e. The summed E-state index contributed by atoms with van der Waals surface area (Å²) in [5, 5.41) is 4.63. The number of aryl methyl sites for hydroxylation is 1. The van der Waals surface area contributed by atoms with Gasteiger partial charge in [-0.2, -0.15) is 5.10 Å². The lowest BCUT2D eigenvalue weighted by molar-refractivity contribution is -0.121. The van der Waals surface area contributed by atoms with Crippen molar-refractivity contribution in [3.63, 3.8) is 0 Å². The number of aromatic nitrogens is 2. The van der Waals surface area contributed by atoms with Gasteiger partial charge in [-0.05, 0) is 48.4 Å². The van der Waals surface area contributed by atoms with Crippen molar-refractivity contribution >= 4 is 33.7 Å². The number of hydrazone groups is 1. The Morgan fingerprint density at radius 3 is 3.17 bits per heavy atom. The van der Waals surface area contributed by atoms with Crippen molar-refractivity contribution in [2.24, 2.45) is 11.0 Å². The van der Waals surface area contributed by atoms with Crippen molar-refractivity contribution in [3.8, 4) is 5.75 Å². The standard InChI is InChI=1S/C21H22N4O3S/c1-13-6-7-16-17(8-13)29-20-19(16)21(27)25(12-22-20)11-18(26)24-23-10-14-4-3-5-15(9-14)28-2/h3-5,9-10,12-13H,6-8,11H2,1-2H3,(H,24,26)/t13-/m1/s1. The zero-order valence-corrected chi connectivity index (χ0v) is 17.2. The summed E-state index contributed by atoms with van der Waals surface area (Å²) in [6, 6.07) is 7.32. The van der Waals surface area contributed by atoms with Crippen molar-refractivity contribution in [1.29, 1.82) is 0 Å². The van der Waals surface area contributed by atoms with Crippen LogP contribution in [0.1, 0.15) is 29.3 Å². The third kappa shape index (κ3) is 4.07. The highest BCUT2D eigenvalue weighted by Gasteiger charge is 2.23. The number of methoxy groups -OCH3 is 1. The summed E-state index contributed by atoms with van der Waals surface area (Å²) in [6.07, 6.45) is 5.94. The number of nitrogens with zero attached hydrogens (tertiary/aromatic N) is 3. The molecule has 0 saturated heterocycles. The summed E-state index contributed by atoms with van der Waals surface area (Å²) in [5.74, 6) is 0.954. The number of ether oxygens (including phenoxy) is 1. The lowest BCUT2D eigenvalue weighted by Gasteiger charge is -2.17. The van der Waals surface area contributed by atoms with E-state index in [0.29, 0.717) is 17.1 Å². The second-order valence-electron chi connectivity index (χ2n) is 7.28. The lowest BCUT2D eigenvalue weighted by atomic mass is 9.89. The topological polar surface area (TPSA) is 85.6 Å². The molecule has 150 valence electrons. The fourth-order valence-corrected chi connectivity index (χ4v) is 4.91. The van der Waals surface area contributed by atoms with Gasteiger partial charge in [0.25, 0.3) is 11.5 Å². The average Bonchev–Trinajstić information content (AvgIpc) is 3.08. The second-order valence-corrected chi connectivity index (χ2v) is 8.36. The van der Waals surface area contributed by atoms with Crippen LogP contribution in [-0.2, 0) is 24.2 Å². The van der Waals surface area contributed by atoms with Gasteiger partial charge in [0.05, 0.1) is 25.0 Å². The van der Waals surface area contributed by atoms with E-state index in [2.05, 4.69) is 22.4 Å². The van der Waals surface area contributed by atoms with E-state index >= 15 is 0 Å². The van der Waals surface area contributed by atoms with Crippen molar-refractivity contribution < 1.29 is 9.53 Å². The van der Waals surface area contributed by atoms with Gasteiger partial charge < -0.3 is 4.74 Å². The minimum atomic E-state index is -0.384. The van der Waals surface area contributed by atoms with Crippen LogP contribution in [0.5, 0.6) is 5.75 Å². The quantitative estimate of drug-likeness (QED) is 0.518. The highest BCUT2D eigenvalue weighted by molar-refractivity contribution is 7.18. The third-order valence-electron chi connectivity index (χ3n) is 5.09. The molecule has 0 bridgehead atoms. The number of nitrogens with one attached hydrogen (secondary N) is 1. The van der Waals surface area contributed by atoms with E-state index in [4.69, 9.17) is 4.74 Å². The van der Waals surface area contributed by atoms with Crippen molar-refractivity contribution in [1.82, 2.24) is 15.0 Å². The Balaban J connectivity index is 1.49. The number of carbonyl (C=O) groups excluding carboxylic acids is 1. The molecule has 8 heteroatoms. The first-order chi connectivity index (χ1) is 14.0. The zero-order valence-electron chi connectivity index (χ0n) is 16.3. The number of benzene rings is 1. The molecule has 1 N–H and O–H groups in total. The number of rotatable bonds is 5. The van der Waals surface area contributed by atoms with Crippen LogP contribution in [0.25, 0.3) is 10.2 Å². The van der Waals surface area contributed by atoms with Crippen molar-refractivity contribution in [3.05, 3.63) is 57.0 Å². The van der Waals surface area contributed by atoms with E-state index in [1.165, 1.54) is 22.0 Å². The van der Waals surface area contributed by atoms with E-state index < -0.39 is 0 Å². The minimum absolute atomic E-state index is 0.127. The molecule has 0 fully saturated rings. The van der Waals surface area contributed by atoms with Crippen LogP contribution in [0, 0.1) is 5.92 Å². The van der Waals surface area contributed by atoms with Gasteiger partial charge in [-0.25, -0.2) is 10.4 Å². The molecule has 0 unspecified atom stereocenters. The molecule has 7 nitrogen and oxygen atoms in total. The molecular weight excluding hydrogens is 388 g/mol. The fraction of sp³-hybridized carbons (Fsp3) is 0.333. The lowest BCUT2D eigenvalue weighted by Crippen LogP contribution is -2.30. The van der Waals surface area contributed by atoms with E-state index in [0.717, 1.165) is 35.2 Å². The Bertz CT molecular complexity index is 1150. The Morgan fingerprint density at radius 2 is 2.34 bits per heavy atom. The molecule has 0 spiro atoms. The first-order valence-corrected chi connectivity index (χ1v) is 10.3. The van der Waals surface area contributed by atoms with Gasteiger partial charge in [0.15, 0.2) is 0 Å². The molecule has 1 aliphatic carbocycles. The monoisotopic (exact) mass is 410 g/mol. The molecule has 0 radical (unpaired) electrons. The van der Waals surface area contributed by atoms with Crippen LogP contribution in [0.2, 0.25) is 0 Å². The Morgan fingerprint density at radius 1 is 1.48 bits per heavy atom. The maximum atomic E-state index is 12.9. The molecule has 1 aliphatic rings. The van der Waals surface area contributed by atoms with Gasteiger partial charge >= 0.3 is 0 Å². The van der Waals surface area contributed by atoms with Crippen LogP contribution in [0.3, 0.4) is 0 Å². The van der Waals surface area contributed by atoms with Gasteiger partial charge in [-0.15, -0.1) is 11.3 Å². The molecule has 2 heterocycles. The molecule has 1 aromatic carbocycles. The average molecular weight is 410 g/mol. The summed E-state index contributed by atoms with van der Waals surface area (Å²) < 4.78 is 6.51. The van der Waals surface area contributed by atoms with Crippen LogP contribution >= 0.6 is 11.3 Å². The van der Waals surface area contributed by atoms with Crippen LogP contribution in [-0.4, -0.2) is 28.8 Å². The number of thiophene rings is 1.